The van der Waals surface area contributed by atoms with Crippen LogP contribution in [0.4, 0.5) is 0 Å². The molecular formula is C21H40IN5S. The molecule has 162 valence electrons. The van der Waals surface area contributed by atoms with Crippen molar-refractivity contribution in [2.75, 3.05) is 39.8 Å². The fourth-order valence-corrected chi connectivity index (χ4v) is 4.60. The first-order valence-corrected chi connectivity index (χ1v) is 11.3. The molecule has 0 bridgehead atoms. The molecule has 0 aliphatic carbocycles. The van der Waals surface area contributed by atoms with Crippen LogP contribution in [0.15, 0.2) is 22.5 Å². The van der Waals surface area contributed by atoms with Crippen molar-refractivity contribution in [2.24, 2.45) is 10.9 Å². The number of hydrogen-bond donors (Lipinski definition) is 2. The van der Waals surface area contributed by atoms with Gasteiger partial charge in [0.1, 0.15) is 0 Å². The molecule has 2 N–H and O–H groups in total. The third-order valence-electron chi connectivity index (χ3n) is 5.44. The Balaban J connectivity index is 0.00000392. The van der Waals surface area contributed by atoms with Crippen LogP contribution in [-0.4, -0.2) is 67.6 Å². The van der Waals surface area contributed by atoms with Gasteiger partial charge in [-0.3, -0.25) is 14.8 Å². The summed E-state index contributed by atoms with van der Waals surface area (Å²) in [6, 6.07) is 5.53. The van der Waals surface area contributed by atoms with Gasteiger partial charge in [0.25, 0.3) is 0 Å². The van der Waals surface area contributed by atoms with Crippen LogP contribution in [0.1, 0.15) is 45.4 Å². The van der Waals surface area contributed by atoms with Crippen molar-refractivity contribution < 1.29 is 0 Å². The van der Waals surface area contributed by atoms with E-state index in [1.54, 1.807) is 0 Å². The van der Waals surface area contributed by atoms with Gasteiger partial charge in [-0.25, -0.2) is 0 Å². The van der Waals surface area contributed by atoms with Gasteiger partial charge in [0.15, 0.2) is 5.96 Å². The number of rotatable bonds is 9. The smallest absolute Gasteiger partial charge is 0.191 e. The standard InChI is InChI=1S/C21H39N5S.HI/c1-17(2)26(18(3)4)13-10-23-21(22-5)24-15-19-8-11-25(12-9-19)16-20-7-6-14-27-20;/h6-7,14,17-19H,8-13,15-16H2,1-5H3,(H2,22,23,24);1H. The van der Waals surface area contributed by atoms with Crippen molar-refractivity contribution in [3.05, 3.63) is 22.4 Å². The van der Waals surface area contributed by atoms with Gasteiger partial charge in [0.05, 0.1) is 0 Å². The van der Waals surface area contributed by atoms with Gasteiger partial charge in [-0.05, 0) is 71.0 Å². The number of aliphatic imine (C=N–C) groups is 1. The number of piperidine rings is 1. The lowest BCUT2D eigenvalue weighted by Gasteiger charge is -2.32. The third-order valence-corrected chi connectivity index (χ3v) is 6.30. The monoisotopic (exact) mass is 521 g/mol. The van der Waals surface area contributed by atoms with Crippen LogP contribution in [0.25, 0.3) is 0 Å². The third kappa shape index (κ3) is 8.97. The molecule has 1 aromatic rings. The average molecular weight is 522 g/mol. The molecule has 0 unspecified atom stereocenters. The van der Waals surface area contributed by atoms with E-state index in [0.29, 0.717) is 12.1 Å². The maximum atomic E-state index is 4.39. The summed E-state index contributed by atoms with van der Waals surface area (Å²) in [7, 11) is 1.86. The SMILES string of the molecule is CN=C(NCCN(C(C)C)C(C)C)NCC1CCN(Cc2cccs2)CC1.I. The second-order valence-electron chi connectivity index (χ2n) is 8.10. The quantitative estimate of drug-likeness (QED) is 0.294. The molecule has 28 heavy (non-hydrogen) atoms. The highest BCUT2D eigenvalue weighted by Crippen LogP contribution is 2.20. The summed E-state index contributed by atoms with van der Waals surface area (Å²) in [5.74, 6) is 1.68. The first-order chi connectivity index (χ1) is 13.0. The second kappa shape index (κ2) is 13.8. The number of likely N-dealkylation sites (tertiary alicyclic amines) is 1. The van der Waals surface area contributed by atoms with E-state index >= 15 is 0 Å². The highest BCUT2D eigenvalue weighted by Gasteiger charge is 2.20. The van der Waals surface area contributed by atoms with E-state index in [-0.39, 0.29) is 24.0 Å². The summed E-state index contributed by atoms with van der Waals surface area (Å²) in [5, 5.41) is 9.18. The molecule has 0 aromatic carbocycles. The van der Waals surface area contributed by atoms with Crippen LogP contribution in [0, 0.1) is 5.92 Å². The first kappa shape index (κ1) is 25.7. The molecule has 1 fully saturated rings. The Morgan fingerprint density at radius 2 is 1.89 bits per heavy atom. The molecule has 0 radical (unpaired) electrons. The van der Waals surface area contributed by atoms with Crippen molar-refractivity contribution in [3.63, 3.8) is 0 Å². The molecule has 5 nitrogen and oxygen atoms in total. The number of halogens is 1. The van der Waals surface area contributed by atoms with Gasteiger partial charge in [-0.2, -0.15) is 0 Å². The summed E-state index contributed by atoms with van der Waals surface area (Å²) >= 11 is 1.87. The first-order valence-electron chi connectivity index (χ1n) is 10.4. The van der Waals surface area contributed by atoms with E-state index in [4.69, 9.17) is 0 Å². The lowest BCUT2D eigenvalue weighted by Crippen LogP contribution is -2.46. The van der Waals surface area contributed by atoms with Crippen LogP contribution in [0.3, 0.4) is 0 Å². The van der Waals surface area contributed by atoms with Crippen LogP contribution < -0.4 is 10.6 Å². The van der Waals surface area contributed by atoms with Crippen molar-refractivity contribution in [2.45, 2.75) is 59.2 Å². The zero-order chi connectivity index (χ0) is 19.6. The molecule has 0 amide bonds. The Morgan fingerprint density at radius 1 is 1.21 bits per heavy atom. The molecule has 1 aliphatic heterocycles. The normalized spacial score (nSPS) is 16.6. The Kier molecular flexibility index (Phi) is 12.6. The van der Waals surface area contributed by atoms with Crippen LogP contribution in [0.5, 0.6) is 0 Å². The molecular weight excluding hydrogens is 481 g/mol. The number of guanidine groups is 1. The highest BCUT2D eigenvalue weighted by atomic mass is 127. The molecule has 0 atom stereocenters. The van der Waals surface area contributed by atoms with Crippen LogP contribution in [-0.2, 0) is 6.54 Å². The van der Waals surface area contributed by atoms with Crippen molar-refractivity contribution in [1.82, 2.24) is 20.4 Å². The van der Waals surface area contributed by atoms with Crippen LogP contribution in [0.2, 0.25) is 0 Å². The van der Waals surface area contributed by atoms with Crippen molar-refractivity contribution in [1.29, 1.82) is 0 Å². The molecule has 1 aromatic heterocycles. The predicted molar refractivity (Wildman–Crippen MR) is 134 cm³/mol. The summed E-state index contributed by atoms with van der Waals surface area (Å²) in [6.45, 7) is 15.5. The fourth-order valence-electron chi connectivity index (χ4n) is 3.85. The van der Waals surface area contributed by atoms with Crippen molar-refractivity contribution >= 4 is 41.3 Å². The largest absolute Gasteiger partial charge is 0.356 e. The van der Waals surface area contributed by atoms with Crippen molar-refractivity contribution in [3.8, 4) is 0 Å². The Bertz CT molecular complexity index is 531. The van der Waals surface area contributed by atoms with E-state index in [1.165, 1.54) is 30.8 Å². The van der Waals surface area contributed by atoms with Gasteiger partial charge in [0.2, 0.25) is 0 Å². The van der Waals surface area contributed by atoms with E-state index < -0.39 is 0 Å². The number of nitrogens with zero attached hydrogens (tertiary/aromatic N) is 3. The van der Waals surface area contributed by atoms with Gasteiger partial charge in [-0.1, -0.05) is 6.07 Å². The van der Waals surface area contributed by atoms with Gasteiger partial charge in [0, 0.05) is 50.2 Å². The summed E-state index contributed by atoms with van der Waals surface area (Å²) in [5.41, 5.74) is 0. The number of hydrogen-bond acceptors (Lipinski definition) is 4. The Hall–Kier alpha value is -0.380. The Morgan fingerprint density at radius 3 is 2.43 bits per heavy atom. The lowest BCUT2D eigenvalue weighted by molar-refractivity contribution is 0.177. The molecule has 1 saturated heterocycles. The minimum absolute atomic E-state index is 0. The van der Waals surface area contributed by atoms with Crippen LogP contribution >= 0.6 is 35.3 Å². The predicted octanol–water partition coefficient (Wildman–Crippen LogP) is 3.86. The van der Waals surface area contributed by atoms with Gasteiger partial charge >= 0.3 is 0 Å². The minimum atomic E-state index is 0. The minimum Gasteiger partial charge on any atom is -0.356 e. The number of nitrogens with one attached hydrogen (secondary N) is 2. The summed E-state index contributed by atoms with van der Waals surface area (Å²) in [4.78, 5) is 11.0. The Labute approximate surface area is 193 Å². The molecule has 0 saturated carbocycles. The van der Waals surface area contributed by atoms with E-state index in [2.05, 4.69) is 70.6 Å². The van der Waals surface area contributed by atoms with Gasteiger partial charge in [-0.15, -0.1) is 35.3 Å². The van der Waals surface area contributed by atoms with E-state index in [0.717, 1.165) is 38.1 Å². The maximum Gasteiger partial charge on any atom is 0.191 e. The topological polar surface area (TPSA) is 42.9 Å². The highest BCUT2D eigenvalue weighted by molar-refractivity contribution is 14.0. The molecule has 7 heteroatoms. The zero-order valence-electron chi connectivity index (χ0n) is 18.3. The van der Waals surface area contributed by atoms with E-state index in [1.807, 2.05) is 18.4 Å². The second-order valence-corrected chi connectivity index (χ2v) is 9.14. The maximum absolute atomic E-state index is 4.39. The zero-order valence-corrected chi connectivity index (χ0v) is 21.4. The summed E-state index contributed by atoms with van der Waals surface area (Å²) in [6.07, 6.45) is 2.54. The summed E-state index contributed by atoms with van der Waals surface area (Å²) < 4.78 is 0. The lowest BCUT2D eigenvalue weighted by atomic mass is 9.97. The number of thiophene rings is 1. The van der Waals surface area contributed by atoms with E-state index in [9.17, 15) is 0 Å². The van der Waals surface area contributed by atoms with Gasteiger partial charge < -0.3 is 10.6 Å². The fraction of sp³-hybridized carbons (Fsp3) is 0.762. The average Bonchev–Trinajstić information content (AvgIpc) is 3.14. The molecule has 2 heterocycles. The molecule has 2 rings (SSSR count). The molecule has 0 spiro atoms. The molecule has 1 aliphatic rings.